The Kier molecular flexibility index (Phi) is 3.15. The van der Waals surface area contributed by atoms with Crippen LogP contribution in [0.3, 0.4) is 0 Å². The number of nitriles is 1. The molecular weight excluding hydrogens is 167 g/mol. The number of aromatic nitrogens is 1. The summed E-state index contributed by atoms with van der Waals surface area (Å²) in [7, 11) is 0. The molecule has 0 unspecified atom stereocenters. The van der Waals surface area contributed by atoms with Gasteiger partial charge in [-0.25, -0.2) is 4.98 Å². The van der Waals surface area contributed by atoms with E-state index < -0.39 is 5.95 Å². The molecule has 1 rings (SSSR count). The number of halogens is 1. The van der Waals surface area contributed by atoms with Crippen molar-refractivity contribution in [2.75, 3.05) is 0 Å². The van der Waals surface area contributed by atoms with Crippen LogP contribution < -0.4 is 0 Å². The Labute approximate surface area is 76.3 Å². The number of nitrogens with zero attached hydrogens (tertiary/aromatic N) is 2. The number of aryl methyl sites for hydroxylation is 1. The lowest BCUT2D eigenvalue weighted by Crippen LogP contribution is -1.87. The highest BCUT2D eigenvalue weighted by Gasteiger charge is 1.96. The molecule has 0 radical (unpaired) electrons. The van der Waals surface area contributed by atoms with Gasteiger partial charge in [-0.3, -0.25) is 0 Å². The molecule has 0 aliphatic heterocycles. The molecule has 0 bridgehead atoms. The number of pyridine rings is 1. The van der Waals surface area contributed by atoms with Gasteiger partial charge in [-0.05, 0) is 24.1 Å². The Bertz CT molecular complexity index is 364. The normalized spacial score (nSPS) is 10.2. The first-order valence-electron chi connectivity index (χ1n) is 3.89. The van der Waals surface area contributed by atoms with Crippen molar-refractivity contribution >= 4 is 6.08 Å². The third-order valence-electron chi connectivity index (χ3n) is 1.62. The van der Waals surface area contributed by atoms with E-state index in [1.54, 1.807) is 19.1 Å². The van der Waals surface area contributed by atoms with Crippen molar-refractivity contribution in [2.24, 2.45) is 0 Å². The summed E-state index contributed by atoms with van der Waals surface area (Å²) in [6.07, 6.45) is 5.31. The Morgan fingerprint density at radius 1 is 1.69 bits per heavy atom. The van der Waals surface area contributed by atoms with Gasteiger partial charge in [0.2, 0.25) is 5.95 Å². The van der Waals surface area contributed by atoms with Crippen molar-refractivity contribution in [1.82, 2.24) is 4.98 Å². The Morgan fingerprint density at radius 2 is 2.46 bits per heavy atom. The van der Waals surface area contributed by atoms with Crippen molar-refractivity contribution in [2.45, 2.75) is 13.3 Å². The van der Waals surface area contributed by atoms with Gasteiger partial charge in [-0.1, -0.05) is 12.2 Å². The summed E-state index contributed by atoms with van der Waals surface area (Å²) >= 11 is 0. The Balaban J connectivity index is 2.85. The lowest BCUT2D eigenvalue weighted by Gasteiger charge is -1.97. The molecule has 0 saturated carbocycles. The van der Waals surface area contributed by atoms with Crippen molar-refractivity contribution in [3.8, 4) is 6.07 Å². The number of hydrogen-bond donors (Lipinski definition) is 0. The fourth-order valence-electron chi connectivity index (χ4n) is 0.945. The lowest BCUT2D eigenvalue weighted by atomic mass is 10.1. The predicted octanol–water partition coefficient (Wildman–Crippen LogP) is 2.46. The Hall–Kier alpha value is -1.69. The molecule has 0 fully saturated rings. The number of allylic oxidation sites excluding steroid dienone is 1. The minimum absolute atomic E-state index is 0.358. The second kappa shape index (κ2) is 4.36. The molecule has 0 amide bonds. The summed E-state index contributed by atoms with van der Waals surface area (Å²) < 4.78 is 12.5. The zero-order chi connectivity index (χ0) is 9.68. The van der Waals surface area contributed by atoms with Crippen LogP contribution >= 0.6 is 0 Å². The summed E-state index contributed by atoms with van der Waals surface area (Å²) in [5, 5.41) is 8.28. The van der Waals surface area contributed by atoms with Gasteiger partial charge in [-0.2, -0.15) is 9.65 Å². The third-order valence-corrected chi connectivity index (χ3v) is 1.62. The largest absolute Gasteiger partial charge is 0.228 e. The van der Waals surface area contributed by atoms with E-state index in [9.17, 15) is 4.39 Å². The molecule has 0 aliphatic carbocycles. The van der Waals surface area contributed by atoms with Crippen LogP contribution in [0.4, 0.5) is 4.39 Å². The van der Waals surface area contributed by atoms with E-state index in [1.165, 1.54) is 12.3 Å². The van der Waals surface area contributed by atoms with Gasteiger partial charge in [0.1, 0.15) is 0 Å². The average molecular weight is 176 g/mol. The molecule has 0 atom stereocenters. The summed E-state index contributed by atoms with van der Waals surface area (Å²) in [5.41, 5.74) is 1.67. The second-order valence-electron chi connectivity index (χ2n) is 2.63. The quantitative estimate of drug-likeness (QED) is 0.649. The molecule has 1 aromatic rings. The van der Waals surface area contributed by atoms with E-state index in [0.29, 0.717) is 6.42 Å². The number of hydrogen-bond acceptors (Lipinski definition) is 2. The molecule has 0 aliphatic rings. The van der Waals surface area contributed by atoms with E-state index in [-0.39, 0.29) is 0 Å². The van der Waals surface area contributed by atoms with Crippen molar-refractivity contribution in [3.05, 3.63) is 35.4 Å². The summed E-state index contributed by atoms with van der Waals surface area (Å²) in [6.45, 7) is 1.80. The molecule has 13 heavy (non-hydrogen) atoms. The zero-order valence-electron chi connectivity index (χ0n) is 7.29. The van der Waals surface area contributed by atoms with E-state index in [2.05, 4.69) is 4.98 Å². The fourth-order valence-corrected chi connectivity index (χ4v) is 0.945. The van der Waals surface area contributed by atoms with Crippen LogP contribution in [-0.2, 0) is 0 Å². The van der Waals surface area contributed by atoms with Crippen LogP contribution in [0.2, 0.25) is 0 Å². The van der Waals surface area contributed by atoms with E-state index in [1.807, 2.05) is 6.07 Å². The van der Waals surface area contributed by atoms with Crippen LogP contribution in [-0.4, -0.2) is 4.98 Å². The standard InChI is InChI=1S/C10H9FN2/c1-8-6-10(11)13-7-9(8)4-2-3-5-12/h2,4,6-7H,3H2,1H3. The molecule has 0 saturated heterocycles. The van der Waals surface area contributed by atoms with Gasteiger partial charge in [0.05, 0.1) is 12.5 Å². The summed E-state index contributed by atoms with van der Waals surface area (Å²) in [5.74, 6) is -0.477. The Morgan fingerprint density at radius 3 is 3.08 bits per heavy atom. The molecule has 1 aromatic heterocycles. The van der Waals surface area contributed by atoms with Gasteiger partial charge >= 0.3 is 0 Å². The summed E-state index contributed by atoms with van der Waals surface area (Å²) in [6, 6.07) is 3.35. The second-order valence-corrected chi connectivity index (χ2v) is 2.63. The van der Waals surface area contributed by atoms with Gasteiger partial charge in [0.15, 0.2) is 0 Å². The zero-order valence-corrected chi connectivity index (χ0v) is 7.29. The lowest BCUT2D eigenvalue weighted by molar-refractivity contribution is 0.582. The number of rotatable bonds is 2. The van der Waals surface area contributed by atoms with Crippen LogP contribution in [0.5, 0.6) is 0 Å². The molecule has 2 nitrogen and oxygen atoms in total. The maximum atomic E-state index is 12.5. The van der Waals surface area contributed by atoms with Crippen molar-refractivity contribution in [3.63, 3.8) is 0 Å². The summed E-state index contributed by atoms with van der Waals surface area (Å²) in [4.78, 5) is 3.52. The third kappa shape index (κ3) is 2.68. The first-order valence-corrected chi connectivity index (χ1v) is 3.89. The highest BCUT2D eigenvalue weighted by molar-refractivity contribution is 5.52. The molecule has 0 aromatic carbocycles. The van der Waals surface area contributed by atoms with Crippen LogP contribution in [0.25, 0.3) is 6.08 Å². The van der Waals surface area contributed by atoms with Crippen LogP contribution in [0.15, 0.2) is 18.3 Å². The minimum atomic E-state index is -0.477. The highest BCUT2D eigenvalue weighted by atomic mass is 19.1. The average Bonchev–Trinajstić information content (AvgIpc) is 2.09. The van der Waals surface area contributed by atoms with Gasteiger partial charge in [-0.15, -0.1) is 0 Å². The fraction of sp³-hybridized carbons (Fsp3) is 0.200. The molecule has 1 heterocycles. The van der Waals surface area contributed by atoms with E-state index in [0.717, 1.165) is 11.1 Å². The van der Waals surface area contributed by atoms with Crippen molar-refractivity contribution < 1.29 is 4.39 Å². The van der Waals surface area contributed by atoms with E-state index >= 15 is 0 Å². The maximum absolute atomic E-state index is 12.5. The predicted molar refractivity (Wildman–Crippen MR) is 48.2 cm³/mol. The molecule has 0 N–H and O–H groups in total. The first-order chi connectivity index (χ1) is 6.24. The monoisotopic (exact) mass is 176 g/mol. The molecular formula is C10H9FN2. The smallest absolute Gasteiger partial charge is 0.213 e. The van der Waals surface area contributed by atoms with Crippen LogP contribution in [0, 0.1) is 24.2 Å². The first kappa shape index (κ1) is 9.40. The minimum Gasteiger partial charge on any atom is -0.228 e. The maximum Gasteiger partial charge on any atom is 0.213 e. The van der Waals surface area contributed by atoms with Gasteiger partial charge in [0.25, 0.3) is 0 Å². The van der Waals surface area contributed by atoms with Crippen LogP contribution in [0.1, 0.15) is 17.5 Å². The SMILES string of the molecule is Cc1cc(F)ncc1C=CCC#N. The van der Waals surface area contributed by atoms with Gasteiger partial charge in [0, 0.05) is 6.20 Å². The molecule has 3 heteroatoms. The topological polar surface area (TPSA) is 36.7 Å². The van der Waals surface area contributed by atoms with Crippen molar-refractivity contribution in [1.29, 1.82) is 5.26 Å². The molecule has 66 valence electrons. The molecule has 0 spiro atoms. The highest BCUT2D eigenvalue weighted by Crippen LogP contribution is 2.09. The van der Waals surface area contributed by atoms with Gasteiger partial charge < -0.3 is 0 Å². The van der Waals surface area contributed by atoms with E-state index in [4.69, 9.17) is 5.26 Å².